The zero-order valence-electron chi connectivity index (χ0n) is 26.6. The highest BCUT2D eigenvalue weighted by Gasteiger charge is 2.35. The summed E-state index contributed by atoms with van der Waals surface area (Å²) in [5.74, 6) is -0.726. The topological polar surface area (TPSA) is 105 Å². The average molecular weight is 739 g/mol. The quantitative estimate of drug-likeness (QED) is 0.182. The highest BCUT2D eigenvalue weighted by molar-refractivity contribution is 9.10. The monoisotopic (exact) mass is 737 g/mol. The van der Waals surface area contributed by atoms with E-state index in [1.54, 1.807) is 0 Å². The largest absolute Gasteiger partial charge is 0.486 e. The molecule has 1 N–H and O–H groups in total. The highest BCUT2D eigenvalue weighted by atomic mass is 79.9. The smallest absolute Gasteiger partial charge is 0.264 e. The van der Waals surface area contributed by atoms with Crippen molar-refractivity contribution in [1.29, 1.82) is 0 Å². The van der Waals surface area contributed by atoms with Crippen molar-refractivity contribution >= 4 is 43.5 Å². The molecular formula is C36H37BrFN3O6S. The van der Waals surface area contributed by atoms with Gasteiger partial charge in [-0.1, -0.05) is 72.2 Å². The van der Waals surface area contributed by atoms with E-state index in [9.17, 15) is 22.4 Å². The van der Waals surface area contributed by atoms with Gasteiger partial charge in [0.25, 0.3) is 10.0 Å². The molecule has 0 radical (unpaired) electrons. The Balaban J connectivity index is 1.56. The zero-order valence-corrected chi connectivity index (χ0v) is 29.0. The van der Waals surface area contributed by atoms with Crippen molar-refractivity contribution in [2.45, 2.75) is 37.8 Å². The second kappa shape index (κ2) is 15.7. The van der Waals surface area contributed by atoms with Crippen LogP contribution in [-0.4, -0.2) is 57.5 Å². The summed E-state index contributed by atoms with van der Waals surface area (Å²) in [6, 6.07) is 24.8. The fourth-order valence-electron chi connectivity index (χ4n) is 5.21. The minimum atomic E-state index is -4.41. The molecule has 1 aliphatic heterocycles. The number of nitrogens with zero attached hydrogens (tertiary/aromatic N) is 2. The maximum Gasteiger partial charge on any atom is 0.264 e. The number of carbonyl (C=O) groups is 2. The van der Waals surface area contributed by atoms with E-state index in [1.807, 2.05) is 68.4 Å². The summed E-state index contributed by atoms with van der Waals surface area (Å²) in [6.07, 6.45) is 0.193. The van der Waals surface area contributed by atoms with Gasteiger partial charge in [-0.25, -0.2) is 12.8 Å². The van der Waals surface area contributed by atoms with Crippen LogP contribution in [0.25, 0.3) is 0 Å². The summed E-state index contributed by atoms with van der Waals surface area (Å²) in [7, 11) is -4.41. The van der Waals surface area contributed by atoms with Crippen LogP contribution in [0, 0.1) is 11.7 Å². The van der Waals surface area contributed by atoms with Crippen LogP contribution < -0.4 is 19.1 Å². The molecule has 0 unspecified atom stereocenters. The molecule has 12 heteroatoms. The van der Waals surface area contributed by atoms with Crippen LogP contribution in [0.15, 0.2) is 106 Å². The van der Waals surface area contributed by atoms with Crippen molar-refractivity contribution in [3.8, 4) is 11.5 Å². The number of rotatable bonds is 13. The van der Waals surface area contributed by atoms with E-state index in [-0.39, 0.29) is 47.7 Å². The fraction of sp³-hybridized carbons (Fsp3) is 0.278. The van der Waals surface area contributed by atoms with Gasteiger partial charge >= 0.3 is 0 Å². The minimum absolute atomic E-state index is 0.0278. The van der Waals surface area contributed by atoms with Gasteiger partial charge in [0.15, 0.2) is 11.5 Å². The number of nitrogens with one attached hydrogen (secondary N) is 1. The second-order valence-electron chi connectivity index (χ2n) is 11.8. The van der Waals surface area contributed by atoms with Crippen molar-refractivity contribution in [3.63, 3.8) is 0 Å². The molecular weight excluding hydrogens is 701 g/mol. The Morgan fingerprint density at radius 2 is 1.54 bits per heavy atom. The first-order valence-corrected chi connectivity index (χ1v) is 17.8. The lowest BCUT2D eigenvalue weighted by atomic mass is 10.0. The van der Waals surface area contributed by atoms with Crippen molar-refractivity contribution < 1.29 is 31.9 Å². The molecule has 0 bridgehead atoms. The third-order valence-electron chi connectivity index (χ3n) is 7.72. The van der Waals surface area contributed by atoms with Gasteiger partial charge in [-0.05, 0) is 65.6 Å². The molecule has 4 aromatic carbocycles. The number of amides is 2. The maximum absolute atomic E-state index is 14.6. The van der Waals surface area contributed by atoms with E-state index >= 15 is 0 Å². The summed E-state index contributed by atoms with van der Waals surface area (Å²) in [4.78, 5) is 29.7. The number of fused-ring (bicyclic) bond motifs is 1. The van der Waals surface area contributed by atoms with Gasteiger partial charge in [-0.3, -0.25) is 13.9 Å². The average Bonchev–Trinajstić information content (AvgIpc) is 3.09. The Morgan fingerprint density at radius 3 is 2.21 bits per heavy atom. The van der Waals surface area contributed by atoms with Crippen molar-refractivity contribution in [2.75, 3.05) is 30.6 Å². The normalized spacial score (nSPS) is 13.1. The van der Waals surface area contributed by atoms with E-state index in [1.165, 1.54) is 35.2 Å². The van der Waals surface area contributed by atoms with E-state index in [4.69, 9.17) is 9.47 Å². The molecule has 0 aromatic heterocycles. The molecule has 9 nitrogen and oxygen atoms in total. The Hall–Kier alpha value is -4.42. The standard InChI is InChI=1S/C36H37BrFN3O6S/c1-25(2)22-39-36(43)32(20-26-6-4-3-5-7-26)40(23-27-8-10-28(37)11-9-27)35(42)24-41(30-14-12-29(38)13-15-30)48(44,45)31-16-17-33-34(21-31)47-19-18-46-33/h3-17,21,25,32H,18-20,22-24H2,1-2H3,(H,39,43)/t32-/m0/s1. The van der Waals surface area contributed by atoms with Crippen molar-refractivity contribution in [1.82, 2.24) is 10.2 Å². The van der Waals surface area contributed by atoms with E-state index < -0.39 is 34.3 Å². The summed E-state index contributed by atoms with van der Waals surface area (Å²) in [6.45, 7) is 4.29. The Labute approximate surface area is 288 Å². The molecule has 2 amide bonds. The molecule has 0 saturated carbocycles. The van der Waals surface area contributed by atoms with Crippen LogP contribution in [0.2, 0.25) is 0 Å². The first-order chi connectivity index (χ1) is 23.0. The third-order valence-corrected chi connectivity index (χ3v) is 10.0. The van der Waals surface area contributed by atoms with Crippen molar-refractivity contribution in [3.05, 3.63) is 118 Å². The Morgan fingerprint density at radius 1 is 0.875 bits per heavy atom. The lowest BCUT2D eigenvalue weighted by molar-refractivity contribution is -0.140. The lowest BCUT2D eigenvalue weighted by Crippen LogP contribution is -2.53. The Bertz CT molecular complexity index is 1820. The predicted octanol–water partition coefficient (Wildman–Crippen LogP) is 5.97. The number of hydrogen-bond acceptors (Lipinski definition) is 6. The lowest BCUT2D eigenvalue weighted by Gasteiger charge is -2.34. The number of benzene rings is 4. The number of hydrogen-bond donors (Lipinski definition) is 1. The molecule has 0 spiro atoms. The van der Waals surface area contributed by atoms with Gasteiger partial charge in [0, 0.05) is 30.0 Å². The van der Waals surface area contributed by atoms with Gasteiger partial charge in [0.1, 0.15) is 31.6 Å². The molecule has 252 valence electrons. The van der Waals surface area contributed by atoms with Gasteiger partial charge in [0.2, 0.25) is 11.8 Å². The molecule has 1 heterocycles. The van der Waals surface area contributed by atoms with Gasteiger partial charge in [0.05, 0.1) is 10.6 Å². The predicted molar refractivity (Wildman–Crippen MR) is 185 cm³/mol. The second-order valence-corrected chi connectivity index (χ2v) is 14.6. The number of sulfonamides is 1. The first-order valence-electron chi connectivity index (χ1n) is 15.5. The summed E-state index contributed by atoms with van der Waals surface area (Å²) < 4.78 is 55.6. The molecule has 5 rings (SSSR count). The maximum atomic E-state index is 14.6. The molecule has 48 heavy (non-hydrogen) atoms. The van der Waals surface area contributed by atoms with Crippen LogP contribution in [-0.2, 0) is 32.6 Å². The van der Waals surface area contributed by atoms with Crippen LogP contribution >= 0.6 is 15.9 Å². The van der Waals surface area contributed by atoms with Gasteiger partial charge in [-0.15, -0.1) is 0 Å². The van der Waals surface area contributed by atoms with Crippen LogP contribution in [0.3, 0.4) is 0 Å². The minimum Gasteiger partial charge on any atom is -0.486 e. The van der Waals surface area contributed by atoms with E-state index in [0.29, 0.717) is 18.9 Å². The zero-order chi connectivity index (χ0) is 34.3. The molecule has 1 atom stereocenters. The van der Waals surface area contributed by atoms with Crippen LogP contribution in [0.4, 0.5) is 10.1 Å². The highest BCUT2D eigenvalue weighted by Crippen LogP contribution is 2.34. The summed E-state index contributed by atoms with van der Waals surface area (Å²) >= 11 is 3.44. The molecule has 4 aromatic rings. The number of ether oxygens (including phenoxy) is 2. The first kappa shape index (κ1) is 34.9. The Kier molecular flexibility index (Phi) is 11.4. The molecule has 0 fully saturated rings. The third kappa shape index (κ3) is 8.73. The summed E-state index contributed by atoms with van der Waals surface area (Å²) in [5.41, 5.74) is 1.64. The summed E-state index contributed by atoms with van der Waals surface area (Å²) in [5, 5.41) is 2.97. The molecule has 0 saturated heterocycles. The fourth-order valence-corrected chi connectivity index (χ4v) is 6.90. The van der Waals surface area contributed by atoms with Gasteiger partial charge in [-0.2, -0.15) is 0 Å². The number of anilines is 1. The van der Waals surface area contributed by atoms with Crippen LogP contribution in [0.5, 0.6) is 11.5 Å². The SMILES string of the molecule is CC(C)CNC(=O)[C@H](Cc1ccccc1)N(Cc1ccc(Br)cc1)C(=O)CN(c1ccc(F)cc1)S(=O)(=O)c1ccc2c(c1)OCCO2. The van der Waals surface area contributed by atoms with Gasteiger partial charge < -0.3 is 19.7 Å². The van der Waals surface area contributed by atoms with Crippen LogP contribution in [0.1, 0.15) is 25.0 Å². The van der Waals surface area contributed by atoms with Crippen molar-refractivity contribution in [2.24, 2.45) is 5.92 Å². The number of halogens is 2. The van der Waals surface area contributed by atoms with E-state index in [0.717, 1.165) is 32.0 Å². The molecule has 1 aliphatic rings. The number of carbonyl (C=O) groups excluding carboxylic acids is 2. The van der Waals surface area contributed by atoms with E-state index in [2.05, 4.69) is 21.2 Å². The molecule has 0 aliphatic carbocycles.